The van der Waals surface area contributed by atoms with E-state index in [9.17, 15) is 4.79 Å². The van der Waals surface area contributed by atoms with Gasteiger partial charge < -0.3 is 4.74 Å². The van der Waals surface area contributed by atoms with Gasteiger partial charge in [-0.05, 0) is 12.1 Å². The maximum absolute atomic E-state index is 11.7. The normalized spacial score (nSPS) is 12.6. The Balaban J connectivity index is 2.55. The Morgan fingerprint density at radius 2 is 2.19 bits per heavy atom. The minimum absolute atomic E-state index is 0.175. The first-order valence-corrected chi connectivity index (χ1v) is 6.81. The van der Waals surface area contributed by atoms with Crippen LogP contribution in [-0.4, -0.2) is 23.6 Å². The van der Waals surface area contributed by atoms with Crippen LogP contribution in [0.3, 0.4) is 0 Å². The molecular formula is C11H11BrINO2. The molecule has 0 radical (unpaired) electrons. The van der Waals surface area contributed by atoms with Crippen molar-refractivity contribution >= 4 is 51.0 Å². The fourth-order valence-corrected chi connectivity index (χ4v) is 1.72. The van der Waals surface area contributed by atoms with Crippen molar-refractivity contribution in [2.45, 2.75) is 12.5 Å². The Morgan fingerprint density at radius 1 is 1.50 bits per heavy atom. The van der Waals surface area contributed by atoms with Gasteiger partial charge in [-0.3, -0.25) is 0 Å². The number of benzene rings is 1. The summed E-state index contributed by atoms with van der Waals surface area (Å²) in [6.45, 7) is 0. The predicted octanol–water partition coefficient (Wildman–Crippen LogP) is 3.42. The maximum Gasteiger partial charge on any atom is 0.338 e. The summed E-state index contributed by atoms with van der Waals surface area (Å²) in [5.41, 5.74) is 0.569. The quantitative estimate of drug-likeness (QED) is 0.331. The molecule has 1 rings (SSSR count). The molecule has 86 valence electrons. The lowest BCUT2D eigenvalue weighted by atomic mass is 10.2. The average Bonchev–Trinajstić information content (AvgIpc) is 2.35. The second-order valence-electron chi connectivity index (χ2n) is 3.06. The molecule has 0 unspecified atom stereocenters. The summed E-state index contributed by atoms with van der Waals surface area (Å²) in [5, 5.41) is 0.605. The molecule has 1 atom stereocenters. The zero-order valence-corrected chi connectivity index (χ0v) is 12.2. The van der Waals surface area contributed by atoms with E-state index in [0.29, 0.717) is 17.3 Å². The van der Waals surface area contributed by atoms with Gasteiger partial charge >= 0.3 is 5.97 Å². The van der Waals surface area contributed by atoms with Crippen molar-refractivity contribution in [3.8, 4) is 0 Å². The fourth-order valence-electron chi connectivity index (χ4n) is 1.09. The van der Waals surface area contributed by atoms with Gasteiger partial charge in [0.15, 0.2) is 0 Å². The van der Waals surface area contributed by atoms with Gasteiger partial charge in [0.25, 0.3) is 0 Å². The highest BCUT2D eigenvalue weighted by Gasteiger charge is 2.13. The first-order valence-electron chi connectivity index (χ1n) is 4.72. The maximum atomic E-state index is 11.7. The molecule has 0 fully saturated rings. The number of halogens is 2. The molecule has 0 N–H and O–H groups in total. The molecular weight excluding hydrogens is 385 g/mol. The lowest BCUT2D eigenvalue weighted by Gasteiger charge is -2.12. The summed E-state index contributed by atoms with van der Waals surface area (Å²) in [7, 11) is 0. The lowest BCUT2D eigenvalue weighted by Crippen LogP contribution is -2.20. The summed E-state index contributed by atoms with van der Waals surface area (Å²) in [6, 6.07) is 8.96. The van der Waals surface area contributed by atoms with Crippen LogP contribution < -0.4 is 0 Å². The zero-order chi connectivity index (χ0) is 11.8. The standard InChI is InChI=1S/C11H11BrINO2/c12-8-10(6-7-14-13)16-11(15)9-4-2-1-3-5-9/h1-5,7,10H,6,8H2/b14-7-/t10-/m0/s1. The van der Waals surface area contributed by atoms with E-state index in [4.69, 9.17) is 4.74 Å². The Labute approximate surface area is 117 Å². The molecule has 0 spiro atoms. The molecule has 0 aliphatic rings. The second kappa shape index (κ2) is 7.78. The monoisotopic (exact) mass is 395 g/mol. The first-order chi connectivity index (χ1) is 7.77. The largest absolute Gasteiger partial charge is 0.458 e. The molecule has 1 aromatic carbocycles. The highest BCUT2D eigenvalue weighted by molar-refractivity contribution is 14.1. The Hall–Kier alpha value is -0.430. The predicted molar refractivity (Wildman–Crippen MR) is 76.6 cm³/mol. The van der Waals surface area contributed by atoms with E-state index < -0.39 is 0 Å². The van der Waals surface area contributed by atoms with Crippen molar-refractivity contribution in [3.05, 3.63) is 35.9 Å². The van der Waals surface area contributed by atoms with Crippen molar-refractivity contribution < 1.29 is 9.53 Å². The minimum Gasteiger partial charge on any atom is -0.458 e. The number of alkyl halides is 1. The summed E-state index contributed by atoms with van der Waals surface area (Å²) in [6.07, 6.45) is 2.17. The van der Waals surface area contributed by atoms with Crippen LogP contribution >= 0.6 is 38.8 Å². The smallest absolute Gasteiger partial charge is 0.338 e. The van der Waals surface area contributed by atoms with E-state index in [1.165, 1.54) is 0 Å². The lowest BCUT2D eigenvalue weighted by molar-refractivity contribution is 0.0369. The molecule has 3 nitrogen and oxygen atoms in total. The third-order valence-electron chi connectivity index (χ3n) is 1.89. The van der Waals surface area contributed by atoms with Gasteiger partial charge in [0, 0.05) is 18.0 Å². The summed E-state index contributed by atoms with van der Waals surface area (Å²) in [5.74, 6) is -0.299. The van der Waals surface area contributed by atoms with Gasteiger partial charge in [0.1, 0.15) is 6.10 Å². The van der Waals surface area contributed by atoms with Crippen LogP contribution in [0.25, 0.3) is 0 Å². The van der Waals surface area contributed by atoms with E-state index in [1.807, 2.05) is 41.1 Å². The van der Waals surface area contributed by atoms with Crippen LogP contribution in [0.2, 0.25) is 0 Å². The average molecular weight is 396 g/mol. The molecule has 16 heavy (non-hydrogen) atoms. The van der Waals surface area contributed by atoms with E-state index in [0.717, 1.165) is 0 Å². The zero-order valence-electron chi connectivity index (χ0n) is 8.48. The van der Waals surface area contributed by atoms with E-state index >= 15 is 0 Å². The van der Waals surface area contributed by atoms with Gasteiger partial charge in [-0.25, -0.2) is 8.00 Å². The van der Waals surface area contributed by atoms with Crippen molar-refractivity contribution in [3.63, 3.8) is 0 Å². The number of hydrogen-bond donors (Lipinski definition) is 0. The highest BCUT2D eigenvalue weighted by Crippen LogP contribution is 2.08. The van der Waals surface area contributed by atoms with Crippen LogP contribution in [0.4, 0.5) is 0 Å². The van der Waals surface area contributed by atoms with E-state index in [-0.39, 0.29) is 12.1 Å². The van der Waals surface area contributed by atoms with E-state index in [2.05, 4.69) is 19.1 Å². The molecule has 0 saturated carbocycles. The molecule has 5 heteroatoms. The molecule has 0 aromatic heterocycles. The van der Waals surface area contributed by atoms with Gasteiger partial charge in [0.05, 0.1) is 28.4 Å². The number of ether oxygens (including phenoxy) is 1. The first kappa shape index (κ1) is 13.6. The van der Waals surface area contributed by atoms with E-state index in [1.54, 1.807) is 18.3 Å². The van der Waals surface area contributed by atoms with Crippen LogP contribution in [-0.2, 0) is 4.74 Å². The SMILES string of the molecule is O=C(O[C@H](CBr)C/C=N\I)c1ccccc1. The van der Waals surface area contributed by atoms with Gasteiger partial charge in [0.2, 0.25) is 0 Å². The van der Waals surface area contributed by atoms with Crippen molar-refractivity contribution in [1.82, 2.24) is 0 Å². The highest BCUT2D eigenvalue weighted by atomic mass is 127. The topological polar surface area (TPSA) is 38.7 Å². The number of hydrogen-bond acceptors (Lipinski definition) is 3. The van der Waals surface area contributed by atoms with Crippen LogP contribution in [0.5, 0.6) is 0 Å². The number of esters is 1. The van der Waals surface area contributed by atoms with Gasteiger partial charge in [-0.2, -0.15) is 0 Å². The Kier molecular flexibility index (Phi) is 6.63. The van der Waals surface area contributed by atoms with Crippen molar-refractivity contribution in [2.75, 3.05) is 5.33 Å². The molecule has 0 bridgehead atoms. The summed E-state index contributed by atoms with van der Waals surface area (Å²) in [4.78, 5) is 11.7. The molecule has 1 aromatic rings. The number of rotatable bonds is 5. The third-order valence-corrected chi connectivity index (χ3v) is 3.01. The number of carbonyl (C=O) groups excluding carboxylic acids is 1. The molecule has 0 aliphatic heterocycles. The fraction of sp³-hybridized carbons (Fsp3) is 0.273. The third kappa shape index (κ3) is 4.61. The van der Waals surface area contributed by atoms with Crippen molar-refractivity contribution in [1.29, 1.82) is 0 Å². The van der Waals surface area contributed by atoms with Gasteiger partial charge in [-0.15, -0.1) is 0 Å². The second-order valence-corrected chi connectivity index (χ2v) is 4.27. The van der Waals surface area contributed by atoms with Crippen molar-refractivity contribution in [2.24, 2.45) is 3.21 Å². The molecule has 0 heterocycles. The Morgan fingerprint density at radius 3 is 2.75 bits per heavy atom. The van der Waals surface area contributed by atoms with Crippen LogP contribution in [0.15, 0.2) is 33.5 Å². The Bertz CT molecular complexity index is 356. The van der Waals surface area contributed by atoms with Gasteiger partial charge in [-0.1, -0.05) is 34.1 Å². The summed E-state index contributed by atoms with van der Waals surface area (Å²) < 4.78 is 9.14. The minimum atomic E-state index is -0.299. The summed E-state index contributed by atoms with van der Waals surface area (Å²) >= 11 is 5.20. The van der Waals surface area contributed by atoms with Crippen LogP contribution in [0, 0.1) is 0 Å². The van der Waals surface area contributed by atoms with Crippen LogP contribution in [0.1, 0.15) is 16.8 Å². The number of nitrogens with zero attached hydrogens (tertiary/aromatic N) is 1. The molecule has 0 aliphatic carbocycles. The number of carbonyl (C=O) groups is 1. The molecule has 0 saturated heterocycles. The molecule has 0 amide bonds.